The van der Waals surface area contributed by atoms with Crippen LogP contribution in [0.4, 0.5) is 0 Å². The zero-order valence-corrected chi connectivity index (χ0v) is 21.9. The molecule has 3 aromatic rings. The Labute approximate surface area is 217 Å². The second kappa shape index (κ2) is 10.6. The Hall–Kier alpha value is -2.84. The van der Waals surface area contributed by atoms with Crippen molar-refractivity contribution in [2.75, 3.05) is 6.61 Å². The van der Waals surface area contributed by atoms with Crippen LogP contribution in [0.15, 0.2) is 65.3 Å². The van der Waals surface area contributed by atoms with E-state index in [1.165, 1.54) is 0 Å². The molecule has 3 aromatic carbocycles. The molecule has 0 saturated carbocycles. The van der Waals surface area contributed by atoms with Crippen LogP contribution in [0, 0.1) is 17.4 Å². The fraction of sp³-hybridized carbons (Fsp3) is 0.185. The van der Waals surface area contributed by atoms with Gasteiger partial charge in [0.25, 0.3) is 0 Å². The number of esters is 1. The number of benzene rings is 3. The smallest absolute Gasteiger partial charge is 0.363 e. The highest BCUT2D eigenvalue weighted by molar-refractivity contribution is 14.1. The van der Waals surface area contributed by atoms with E-state index in [-0.39, 0.29) is 11.6 Å². The minimum atomic E-state index is -0.514. The van der Waals surface area contributed by atoms with Crippen LogP contribution in [0.5, 0.6) is 11.5 Å². The number of halogens is 2. The molecule has 1 aliphatic rings. The van der Waals surface area contributed by atoms with Crippen molar-refractivity contribution in [1.82, 2.24) is 0 Å². The Kier molecular flexibility index (Phi) is 7.58. The summed E-state index contributed by atoms with van der Waals surface area (Å²) in [6, 6.07) is 17.4. The van der Waals surface area contributed by atoms with E-state index in [9.17, 15) is 4.79 Å². The number of rotatable bonds is 7. The Morgan fingerprint density at radius 2 is 1.91 bits per heavy atom. The fourth-order valence-electron chi connectivity index (χ4n) is 3.50. The van der Waals surface area contributed by atoms with Gasteiger partial charge in [-0.25, -0.2) is 9.79 Å². The number of hydrogen-bond donors (Lipinski definition) is 0. The summed E-state index contributed by atoms with van der Waals surface area (Å²) in [6.07, 6.45) is 1.63. The normalized spacial score (nSPS) is 14.2. The Bertz CT molecular complexity index is 1320. The molecule has 1 heterocycles. The molecule has 0 unspecified atom stereocenters. The molecule has 0 bridgehead atoms. The summed E-state index contributed by atoms with van der Waals surface area (Å²) in [5.74, 6) is 0.725. The lowest BCUT2D eigenvalue weighted by Gasteiger charge is -2.15. The van der Waals surface area contributed by atoms with Gasteiger partial charge in [-0.15, -0.1) is 0 Å². The van der Waals surface area contributed by atoms with E-state index in [4.69, 9.17) is 25.8 Å². The average molecular weight is 588 g/mol. The Morgan fingerprint density at radius 3 is 2.65 bits per heavy atom. The largest absolute Gasteiger partial charge is 0.490 e. The molecular formula is C27H23ClINO4. The summed E-state index contributed by atoms with van der Waals surface area (Å²) in [7, 11) is 0. The molecule has 0 atom stereocenters. The zero-order chi connectivity index (χ0) is 24.2. The van der Waals surface area contributed by atoms with Crippen LogP contribution < -0.4 is 9.47 Å². The van der Waals surface area contributed by atoms with Crippen LogP contribution in [0.2, 0.25) is 5.02 Å². The predicted octanol–water partition coefficient (Wildman–Crippen LogP) is 6.88. The number of ether oxygens (including phenoxy) is 3. The van der Waals surface area contributed by atoms with Crippen molar-refractivity contribution < 1.29 is 19.0 Å². The first-order valence-corrected chi connectivity index (χ1v) is 12.2. The summed E-state index contributed by atoms with van der Waals surface area (Å²) >= 11 is 8.82. The van der Waals surface area contributed by atoms with E-state index in [1.54, 1.807) is 18.2 Å². The van der Waals surface area contributed by atoms with E-state index < -0.39 is 5.97 Å². The van der Waals surface area contributed by atoms with Crippen LogP contribution in [0.25, 0.3) is 6.08 Å². The molecule has 0 amide bonds. The molecule has 0 fully saturated rings. The number of carbonyl (C=O) groups is 1. The van der Waals surface area contributed by atoms with E-state index in [1.807, 2.05) is 57.2 Å². The third kappa shape index (κ3) is 5.62. The van der Waals surface area contributed by atoms with Crippen LogP contribution >= 0.6 is 34.2 Å². The number of cyclic esters (lactones) is 1. The lowest BCUT2D eigenvalue weighted by atomic mass is 10.1. The standard InChI is InChI=1S/C27H23ClINO4/c1-4-32-24-14-19(12-21(28)25(24)33-15-18-7-5-6-16(2)10-18)13-23-27(31)34-26(30-23)20-8-9-22(29)17(3)11-20/h5-14H,4,15H2,1-3H3/b23-13-. The van der Waals surface area contributed by atoms with Crippen molar-refractivity contribution in [2.45, 2.75) is 27.4 Å². The van der Waals surface area contributed by atoms with Crippen LogP contribution in [0.3, 0.4) is 0 Å². The van der Waals surface area contributed by atoms with Crippen LogP contribution in [-0.4, -0.2) is 18.5 Å². The number of aryl methyl sites for hydroxylation is 2. The zero-order valence-electron chi connectivity index (χ0n) is 19.0. The first-order chi connectivity index (χ1) is 16.3. The second-order valence-electron chi connectivity index (χ2n) is 7.84. The van der Waals surface area contributed by atoms with Gasteiger partial charge in [0.15, 0.2) is 17.2 Å². The molecule has 0 spiro atoms. The molecule has 34 heavy (non-hydrogen) atoms. The van der Waals surface area contributed by atoms with E-state index in [2.05, 4.69) is 33.6 Å². The lowest BCUT2D eigenvalue weighted by molar-refractivity contribution is -0.129. The SMILES string of the molecule is CCOc1cc(/C=C2\N=C(c3ccc(I)c(C)c3)OC2=O)cc(Cl)c1OCc1cccc(C)c1. The second-order valence-corrected chi connectivity index (χ2v) is 9.41. The number of hydrogen-bond acceptors (Lipinski definition) is 5. The van der Waals surface area contributed by atoms with Gasteiger partial charge in [0.05, 0.1) is 11.6 Å². The molecule has 0 aliphatic carbocycles. The minimum absolute atomic E-state index is 0.193. The van der Waals surface area contributed by atoms with Gasteiger partial charge in [-0.1, -0.05) is 41.4 Å². The maximum Gasteiger partial charge on any atom is 0.363 e. The first-order valence-electron chi connectivity index (χ1n) is 10.8. The number of aliphatic imine (C=N–C) groups is 1. The summed E-state index contributed by atoms with van der Waals surface area (Å²) in [5, 5.41) is 0.384. The van der Waals surface area contributed by atoms with Gasteiger partial charge in [-0.2, -0.15) is 0 Å². The molecule has 0 N–H and O–H groups in total. The van der Waals surface area contributed by atoms with E-state index in [0.717, 1.165) is 25.8 Å². The van der Waals surface area contributed by atoms with Crippen molar-refractivity contribution in [3.8, 4) is 11.5 Å². The van der Waals surface area contributed by atoms with Gasteiger partial charge in [-0.05, 0) is 96.5 Å². The first kappa shape index (κ1) is 24.3. The fourth-order valence-corrected chi connectivity index (χ4v) is 4.11. The van der Waals surface area contributed by atoms with Gasteiger partial charge in [-0.3, -0.25) is 0 Å². The molecule has 5 nitrogen and oxygen atoms in total. The molecule has 0 aromatic heterocycles. The molecule has 0 radical (unpaired) electrons. The highest BCUT2D eigenvalue weighted by Crippen LogP contribution is 2.38. The van der Waals surface area contributed by atoms with Gasteiger partial charge >= 0.3 is 5.97 Å². The topological polar surface area (TPSA) is 57.1 Å². The molecule has 1 aliphatic heterocycles. The molecule has 0 saturated heterocycles. The van der Waals surface area contributed by atoms with Crippen molar-refractivity contribution in [3.63, 3.8) is 0 Å². The van der Waals surface area contributed by atoms with Crippen molar-refractivity contribution >= 4 is 52.1 Å². The van der Waals surface area contributed by atoms with Gasteiger partial charge < -0.3 is 14.2 Å². The molecule has 4 rings (SSSR count). The van der Waals surface area contributed by atoms with Gasteiger partial charge in [0, 0.05) is 9.13 Å². The minimum Gasteiger partial charge on any atom is -0.490 e. The lowest BCUT2D eigenvalue weighted by Crippen LogP contribution is -2.05. The maximum atomic E-state index is 12.5. The summed E-state index contributed by atoms with van der Waals surface area (Å²) < 4.78 is 18.3. The molecule has 174 valence electrons. The Balaban J connectivity index is 1.61. The van der Waals surface area contributed by atoms with Crippen molar-refractivity contribution in [1.29, 1.82) is 0 Å². The average Bonchev–Trinajstić information content (AvgIpc) is 3.15. The van der Waals surface area contributed by atoms with Crippen molar-refractivity contribution in [3.05, 3.63) is 96.7 Å². The summed E-state index contributed by atoms with van der Waals surface area (Å²) in [6.45, 7) is 6.72. The van der Waals surface area contributed by atoms with Crippen LogP contribution in [-0.2, 0) is 16.1 Å². The van der Waals surface area contributed by atoms with E-state index in [0.29, 0.717) is 35.3 Å². The highest BCUT2D eigenvalue weighted by Gasteiger charge is 2.25. The van der Waals surface area contributed by atoms with Gasteiger partial charge in [0.1, 0.15) is 6.61 Å². The monoisotopic (exact) mass is 587 g/mol. The van der Waals surface area contributed by atoms with Crippen molar-refractivity contribution in [2.24, 2.45) is 4.99 Å². The maximum absolute atomic E-state index is 12.5. The number of carbonyl (C=O) groups excluding carboxylic acids is 1. The molecular weight excluding hydrogens is 565 g/mol. The van der Waals surface area contributed by atoms with Gasteiger partial charge in [0.2, 0.25) is 5.90 Å². The third-order valence-corrected chi connectivity index (χ3v) is 6.62. The summed E-state index contributed by atoms with van der Waals surface area (Å²) in [4.78, 5) is 16.9. The Morgan fingerprint density at radius 1 is 1.09 bits per heavy atom. The quantitative estimate of drug-likeness (QED) is 0.172. The van der Waals surface area contributed by atoms with E-state index >= 15 is 0 Å². The third-order valence-electron chi connectivity index (χ3n) is 5.13. The van der Waals surface area contributed by atoms with Crippen LogP contribution in [0.1, 0.15) is 34.7 Å². The highest BCUT2D eigenvalue weighted by atomic mass is 127. The molecule has 7 heteroatoms. The number of nitrogens with zero attached hydrogens (tertiary/aromatic N) is 1. The summed E-state index contributed by atoms with van der Waals surface area (Å²) in [5.41, 5.74) is 4.88. The predicted molar refractivity (Wildman–Crippen MR) is 143 cm³/mol.